The van der Waals surface area contributed by atoms with E-state index in [1.807, 2.05) is 6.07 Å². The number of esters is 5. The molecule has 0 saturated carbocycles. The van der Waals surface area contributed by atoms with Gasteiger partial charge in [0.15, 0.2) is 37.0 Å². The molecule has 16 heteroatoms. The fraction of sp³-hybridized carbons (Fsp3) is 0.621. The summed E-state index contributed by atoms with van der Waals surface area (Å²) in [5.74, 6) is -3.94. The van der Waals surface area contributed by atoms with Crippen LogP contribution in [0.5, 0.6) is 0 Å². The van der Waals surface area contributed by atoms with Crippen molar-refractivity contribution in [2.45, 2.75) is 103 Å². The number of benzene rings is 1. The van der Waals surface area contributed by atoms with E-state index < -0.39 is 104 Å². The van der Waals surface area contributed by atoms with Crippen LogP contribution in [0.15, 0.2) is 30.3 Å². The van der Waals surface area contributed by atoms with Crippen LogP contribution in [-0.2, 0) is 73.2 Å². The SMILES string of the molecule is CC(=O)OC[C@H]1O[C@@H](OC[C@H]2O[C@H](O)[C@H](OCc3ccccc3)[C@@H](OC(C)=O)[C@@H]2O)[C@H](OC(C)=O)[C@@H](OC(C)=O)[C@H]1OC(C)=O. The van der Waals surface area contributed by atoms with Crippen LogP contribution < -0.4 is 0 Å². The maximum atomic E-state index is 12.1. The lowest BCUT2D eigenvalue weighted by Gasteiger charge is -2.45. The fourth-order valence-corrected chi connectivity index (χ4v) is 4.83. The Kier molecular flexibility index (Phi) is 13.2. The fourth-order valence-electron chi connectivity index (χ4n) is 4.83. The number of hydrogen-bond acceptors (Lipinski definition) is 16. The lowest BCUT2D eigenvalue weighted by molar-refractivity contribution is -0.332. The minimum atomic E-state index is -1.69. The molecule has 3 rings (SSSR count). The second-order valence-corrected chi connectivity index (χ2v) is 10.3. The maximum Gasteiger partial charge on any atom is 0.303 e. The van der Waals surface area contributed by atoms with Crippen LogP contribution in [-0.4, -0.2) is 115 Å². The van der Waals surface area contributed by atoms with Gasteiger partial charge in [-0.1, -0.05) is 30.3 Å². The first-order chi connectivity index (χ1) is 21.3. The van der Waals surface area contributed by atoms with Gasteiger partial charge in [-0.05, 0) is 5.56 Å². The summed E-state index contributed by atoms with van der Waals surface area (Å²) >= 11 is 0. The molecule has 0 radical (unpaired) electrons. The second kappa shape index (κ2) is 16.6. The number of ether oxygens (including phenoxy) is 9. The van der Waals surface area contributed by atoms with Crippen molar-refractivity contribution in [2.24, 2.45) is 0 Å². The molecule has 0 spiro atoms. The van der Waals surface area contributed by atoms with E-state index in [0.29, 0.717) is 0 Å². The van der Waals surface area contributed by atoms with E-state index in [1.165, 1.54) is 0 Å². The number of carbonyl (C=O) groups is 5. The van der Waals surface area contributed by atoms with E-state index in [-0.39, 0.29) is 6.61 Å². The van der Waals surface area contributed by atoms with Crippen molar-refractivity contribution in [1.29, 1.82) is 0 Å². The molecule has 2 aliphatic rings. The van der Waals surface area contributed by atoms with Gasteiger partial charge in [0.25, 0.3) is 0 Å². The molecule has 0 aliphatic carbocycles. The average Bonchev–Trinajstić information content (AvgIpc) is 2.95. The highest BCUT2D eigenvalue weighted by molar-refractivity contribution is 5.69. The molecular weight excluding hydrogens is 604 g/mol. The lowest BCUT2D eigenvalue weighted by Crippen LogP contribution is -2.64. The van der Waals surface area contributed by atoms with E-state index in [2.05, 4.69) is 0 Å². The van der Waals surface area contributed by atoms with Crippen molar-refractivity contribution >= 4 is 29.8 Å². The van der Waals surface area contributed by atoms with Crippen molar-refractivity contribution in [2.75, 3.05) is 13.2 Å². The summed E-state index contributed by atoms with van der Waals surface area (Å²) in [6.07, 6.45) is -14.6. The third kappa shape index (κ3) is 10.4. The average molecular weight is 643 g/mol. The summed E-state index contributed by atoms with van der Waals surface area (Å²) in [5.41, 5.74) is 0.745. The predicted molar refractivity (Wildman–Crippen MR) is 145 cm³/mol. The largest absolute Gasteiger partial charge is 0.463 e. The van der Waals surface area contributed by atoms with Gasteiger partial charge >= 0.3 is 29.8 Å². The lowest BCUT2D eigenvalue weighted by atomic mass is 9.97. The molecule has 45 heavy (non-hydrogen) atoms. The normalized spacial score (nSPS) is 31.3. The van der Waals surface area contributed by atoms with Gasteiger partial charge in [0, 0.05) is 34.6 Å². The predicted octanol–water partition coefficient (Wildman–Crippen LogP) is -0.319. The molecule has 2 N–H and O–H groups in total. The van der Waals surface area contributed by atoms with Gasteiger partial charge in [0.1, 0.15) is 31.0 Å². The summed E-state index contributed by atoms with van der Waals surface area (Å²) in [6, 6.07) is 8.93. The molecule has 0 unspecified atom stereocenters. The second-order valence-electron chi connectivity index (χ2n) is 10.3. The molecule has 0 aromatic heterocycles. The van der Waals surface area contributed by atoms with Gasteiger partial charge < -0.3 is 52.8 Å². The third-order valence-electron chi connectivity index (χ3n) is 6.60. The van der Waals surface area contributed by atoms with Crippen molar-refractivity contribution < 1.29 is 76.8 Å². The number of rotatable bonds is 12. The smallest absolute Gasteiger partial charge is 0.303 e. The third-order valence-corrected chi connectivity index (χ3v) is 6.60. The Balaban J connectivity index is 1.83. The van der Waals surface area contributed by atoms with Crippen molar-refractivity contribution in [3.05, 3.63) is 35.9 Å². The standard InChI is InChI=1S/C29H38O16/c1-14(30)37-13-21-23(40-15(2)31)25(42-17(4)33)27(43-18(5)34)29(45-21)39-12-20-22(35)24(41-16(3)32)26(28(36)44-20)38-11-19-9-7-6-8-10-19/h6-10,20-29,35-36H,11-13H2,1-5H3/t20-,21-,22-,23+,24+,25+,26-,27-,28+,29-/m1/s1. The first kappa shape index (κ1) is 35.8. The summed E-state index contributed by atoms with van der Waals surface area (Å²) in [7, 11) is 0. The van der Waals surface area contributed by atoms with Crippen LogP contribution in [0.3, 0.4) is 0 Å². The molecule has 1 aromatic carbocycles. The molecule has 2 aliphatic heterocycles. The van der Waals surface area contributed by atoms with Gasteiger partial charge in [-0.15, -0.1) is 0 Å². The Labute approximate surface area is 258 Å². The van der Waals surface area contributed by atoms with Gasteiger partial charge in [-0.2, -0.15) is 0 Å². The van der Waals surface area contributed by atoms with Crippen molar-refractivity contribution in [3.63, 3.8) is 0 Å². The molecule has 2 saturated heterocycles. The number of carbonyl (C=O) groups excluding carboxylic acids is 5. The van der Waals surface area contributed by atoms with E-state index >= 15 is 0 Å². The van der Waals surface area contributed by atoms with E-state index in [0.717, 1.165) is 40.2 Å². The Hall–Kier alpha value is -3.67. The summed E-state index contributed by atoms with van der Waals surface area (Å²) < 4.78 is 49.4. The molecule has 2 heterocycles. The Bertz CT molecular complexity index is 1170. The van der Waals surface area contributed by atoms with Crippen LogP contribution >= 0.6 is 0 Å². The number of hydrogen-bond donors (Lipinski definition) is 2. The van der Waals surface area contributed by atoms with Gasteiger partial charge in [-0.25, -0.2) is 0 Å². The van der Waals surface area contributed by atoms with Crippen LogP contribution in [0.4, 0.5) is 0 Å². The highest BCUT2D eigenvalue weighted by atomic mass is 16.7. The van der Waals surface area contributed by atoms with E-state index in [4.69, 9.17) is 42.6 Å². The molecule has 0 amide bonds. The highest BCUT2D eigenvalue weighted by Gasteiger charge is 2.54. The topological polar surface area (TPSA) is 209 Å². The van der Waals surface area contributed by atoms with Crippen LogP contribution in [0.25, 0.3) is 0 Å². The zero-order chi connectivity index (χ0) is 33.3. The quantitative estimate of drug-likeness (QED) is 0.221. The Morgan fingerprint density at radius 1 is 0.622 bits per heavy atom. The van der Waals surface area contributed by atoms with Crippen LogP contribution in [0.2, 0.25) is 0 Å². The molecule has 2 fully saturated rings. The molecule has 10 atom stereocenters. The summed E-state index contributed by atoms with van der Waals surface area (Å²) in [6.45, 7) is 4.43. The molecule has 1 aromatic rings. The highest BCUT2D eigenvalue weighted by Crippen LogP contribution is 2.32. The van der Waals surface area contributed by atoms with Crippen LogP contribution in [0, 0.1) is 0 Å². The van der Waals surface area contributed by atoms with E-state index in [1.54, 1.807) is 24.3 Å². The molecule has 0 bridgehead atoms. The van der Waals surface area contributed by atoms with Crippen molar-refractivity contribution in [3.8, 4) is 0 Å². The molecular formula is C29H38O16. The zero-order valence-corrected chi connectivity index (χ0v) is 25.4. The minimum Gasteiger partial charge on any atom is -0.463 e. The minimum absolute atomic E-state index is 0.00230. The van der Waals surface area contributed by atoms with Gasteiger partial charge in [0.2, 0.25) is 0 Å². The zero-order valence-electron chi connectivity index (χ0n) is 25.4. The Morgan fingerprint density at radius 3 is 1.76 bits per heavy atom. The maximum absolute atomic E-state index is 12.1. The Morgan fingerprint density at radius 2 is 1.18 bits per heavy atom. The first-order valence-electron chi connectivity index (χ1n) is 14.0. The van der Waals surface area contributed by atoms with Crippen molar-refractivity contribution in [1.82, 2.24) is 0 Å². The summed E-state index contributed by atoms with van der Waals surface area (Å²) in [4.78, 5) is 59.4. The first-order valence-corrected chi connectivity index (χ1v) is 14.0. The number of aliphatic hydroxyl groups excluding tert-OH is 2. The van der Waals surface area contributed by atoms with Crippen LogP contribution in [0.1, 0.15) is 40.2 Å². The molecule has 250 valence electrons. The van der Waals surface area contributed by atoms with Gasteiger partial charge in [0.05, 0.1) is 13.2 Å². The molecule has 16 nitrogen and oxygen atoms in total. The van der Waals surface area contributed by atoms with Gasteiger partial charge in [-0.3, -0.25) is 24.0 Å². The number of aliphatic hydroxyl groups is 2. The summed E-state index contributed by atoms with van der Waals surface area (Å²) in [5, 5.41) is 21.9. The monoisotopic (exact) mass is 642 g/mol. The van der Waals surface area contributed by atoms with E-state index in [9.17, 15) is 34.2 Å².